The summed E-state index contributed by atoms with van der Waals surface area (Å²) in [5, 5.41) is 13.6. The van der Waals surface area contributed by atoms with E-state index in [-0.39, 0.29) is 5.91 Å². The summed E-state index contributed by atoms with van der Waals surface area (Å²) >= 11 is 3.18. The molecule has 3 heterocycles. The number of benzene rings is 1. The molecule has 0 spiro atoms. The number of hydrogen-bond acceptors (Lipinski definition) is 6. The fourth-order valence-electron chi connectivity index (χ4n) is 3.80. The average Bonchev–Trinajstić information content (AvgIpc) is 3.31. The molecule has 4 aromatic rings. The smallest absolute Gasteiger partial charge is 0.230 e. The van der Waals surface area contributed by atoms with Crippen LogP contribution in [0.25, 0.3) is 15.9 Å². The Morgan fingerprint density at radius 1 is 1.31 bits per heavy atom. The van der Waals surface area contributed by atoms with Gasteiger partial charge in [-0.1, -0.05) is 49.0 Å². The van der Waals surface area contributed by atoms with E-state index in [1.165, 1.54) is 28.6 Å². The van der Waals surface area contributed by atoms with Gasteiger partial charge in [0.25, 0.3) is 0 Å². The molecule has 8 heteroatoms. The number of nitrogens with one attached hydrogen (secondary N) is 1. The molecular formula is C21H21N5OS2. The van der Waals surface area contributed by atoms with E-state index in [2.05, 4.69) is 27.4 Å². The van der Waals surface area contributed by atoms with Crippen LogP contribution < -0.4 is 5.32 Å². The molecule has 148 valence electrons. The average molecular weight is 424 g/mol. The number of fused-ring (bicyclic) bond motifs is 5. The van der Waals surface area contributed by atoms with Gasteiger partial charge in [0.15, 0.2) is 10.8 Å². The van der Waals surface area contributed by atoms with Crippen LogP contribution in [0.5, 0.6) is 0 Å². The third-order valence-corrected chi connectivity index (χ3v) is 7.44. The number of aryl methyl sites for hydroxylation is 1. The lowest BCUT2D eigenvalue weighted by Crippen LogP contribution is -2.24. The van der Waals surface area contributed by atoms with E-state index in [0.717, 1.165) is 40.2 Å². The van der Waals surface area contributed by atoms with Crippen LogP contribution in [0.4, 0.5) is 0 Å². The zero-order chi connectivity index (χ0) is 19.8. The van der Waals surface area contributed by atoms with Crippen LogP contribution in [0.3, 0.4) is 0 Å². The first kappa shape index (κ1) is 18.6. The van der Waals surface area contributed by atoms with Crippen molar-refractivity contribution in [3.8, 4) is 0 Å². The minimum atomic E-state index is -0.0217. The SMILES string of the molecule is C[C@H]1CCc2c(sc3ncn4c(SCC(=O)NCc5ccccc5)nnc4c23)C1. The van der Waals surface area contributed by atoms with Crippen molar-refractivity contribution in [2.24, 2.45) is 5.92 Å². The van der Waals surface area contributed by atoms with Crippen molar-refractivity contribution in [3.63, 3.8) is 0 Å². The zero-order valence-electron chi connectivity index (χ0n) is 16.1. The molecule has 0 bridgehead atoms. The molecule has 5 rings (SSSR count). The summed E-state index contributed by atoms with van der Waals surface area (Å²) in [6.07, 6.45) is 5.19. The highest BCUT2D eigenvalue weighted by molar-refractivity contribution is 7.99. The van der Waals surface area contributed by atoms with Gasteiger partial charge >= 0.3 is 0 Å². The Kier molecular flexibility index (Phi) is 4.97. The van der Waals surface area contributed by atoms with Gasteiger partial charge in [0.2, 0.25) is 5.91 Å². The second-order valence-electron chi connectivity index (χ2n) is 7.50. The van der Waals surface area contributed by atoms with Gasteiger partial charge in [-0.25, -0.2) is 4.98 Å². The number of amides is 1. The van der Waals surface area contributed by atoms with Crippen molar-refractivity contribution in [2.45, 2.75) is 37.9 Å². The molecule has 0 aliphatic heterocycles. The van der Waals surface area contributed by atoms with Gasteiger partial charge in [-0.15, -0.1) is 21.5 Å². The van der Waals surface area contributed by atoms with Crippen molar-refractivity contribution in [3.05, 3.63) is 52.7 Å². The van der Waals surface area contributed by atoms with Gasteiger partial charge in [-0.3, -0.25) is 9.20 Å². The lowest BCUT2D eigenvalue weighted by atomic mass is 9.89. The highest BCUT2D eigenvalue weighted by Gasteiger charge is 2.24. The molecular weight excluding hydrogens is 402 g/mol. The first-order valence-electron chi connectivity index (χ1n) is 9.76. The number of thioether (sulfide) groups is 1. The second-order valence-corrected chi connectivity index (χ2v) is 9.53. The number of hydrogen-bond donors (Lipinski definition) is 1. The van der Waals surface area contributed by atoms with Crippen LogP contribution in [0.15, 0.2) is 41.8 Å². The predicted molar refractivity (Wildman–Crippen MR) is 116 cm³/mol. The minimum Gasteiger partial charge on any atom is -0.351 e. The Hall–Kier alpha value is -2.45. The molecule has 1 aromatic carbocycles. The molecule has 0 unspecified atom stereocenters. The maximum absolute atomic E-state index is 12.2. The van der Waals surface area contributed by atoms with Crippen molar-refractivity contribution in [1.82, 2.24) is 24.9 Å². The lowest BCUT2D eigenvalue weighted by molar-refractivity contribution is -0.118. The van der Waals surface area contributed by atoms with Crippen LogP contribution >= 0.6 is 23.1 Å². The predicted octanol–water partition coefficient (Wildman–Crippen LogP) is 3.87. The number of thiophene rings is 1. The summed E-state index contributed by atoms with van der Waals surface area (Å²) in [4.78, 5) is 19.4. The molecule has 1 aliphatic carbocycles. The molecule has 1 atom stereocenters. The number of carbonyl (C=O) groups is 1. The van der Waals surface area contributed by atoms with E-state index >= 15 is 0 Å². The van der Waals surface area contributed by atoms with Crippen LogP contribution in [0, 0.1) is 5.92 Å². The number of nitrogens with zero attached hydrogens (tertiary/aromatic N) is 4. The Bertz CT molecular complexity index is 1180. The van der Waals surface area contributed by atoms with E-state index in [4.69, 9.17) is 0 Å². The van der Waals surface area contributed by atoms with Crippen molar-refractivity contribution in [1.29, 1.82) is 0 Å². The molecule has 0 saturated heterocycles. The maximum Gasteiger partial charge on any atom is 0.230 e. The Labute approximate surface area is 176 Å². The van der Waals surface area contributed by atoms with Gasteiger partial charge < -0.3 is 5.32 Å². The summed E-state index contributed by atoms with van der Waals surface area (Å²) in [6.45, 7) is 2.84. The van der Waals surface area contributed by atoms with E-state index in [1.807, 2.05) is 34.7 Å². The van der Waals surface area contributed by atoms with Crippen molar-refractivity contribution >= 4 is 44.9 Å². The zero-order valence-corrected chi connectivity index (χ0v) is 17.7. The van der Waals surface area contributed by atoms with Gasteiger partial charge in [0.05, 0.1) is 11.1 Å². The summed E-state index contributed by atoms with van der Waals surface area (Å²) in [5.41, 5.74) is 3.34. The summed E-state index contributed by atoms with van der Waals surface area (Å²) in [6, 6.07) is 9.90. The van der Waals surface area contributed by atoms with Gasteiger partial charge in [-0.05, 0) is 36.3 Å². The maximum atomic E-state index is 12.2. The molecule has 1 amide bonds. The summed E-state index contributed by atoms with van der Waals surface area (Å²) in [7, 11) is 0. The third kappa shape index (κ3) is 3.62. The molecule has 0 fully saturated rings. The van der Waals surface area contributed by atoms with Crippen molar-refractivity contribution in [2.75, 3.05) is 5.75 Å². The Morgan fingerprint density at radius 2 is 2.17 bits per heavy atom. The van der Waals surface area contributed by atoms with E-state index in [1.54, 1.807) is 17.7 Å². The minimum absolute atomic E-state index is 0.0217. The van der Waals surface area contributed by atoms with Gasteiger partial charge in [-0.2, -0.15) is 0 Å². The fraction of sp³-hybridized carbons (Fsp3) is 0.333. The summed E-state index contributed by atoms with van der Waals surface area (Å²) in [5.74, 6) is 1.00. The van der Waals surface area contributed by atoms with Gasteiger partial charge in [0.1, 0.15) is 11.2 Å². The van der Waals surface area contributed by atoms with Crippen LogP contribution in [0.1, 0.15) is 29.3 Å². The highest BCUT2D eigenvalue weighted by Crippen LogP contribution is 2.39. The number of rotatable bonds is 5. The van der Waals surface area contributed by atoms with E-state index in [9.17, 15) is 4.79 Å². The van der Waals surface area contributed by atoms with Crippen molar-refractivity contribution < 1.29 is 4.79 Å². The Balaban J connectivity index is 1.33. The molecule has 1 N–H and O–H groups in total. The number of carbonyl (C=O) groups excluding carboxylic acids is 1. The van der Waals surface area contributed by atoms with Crippen LogP contribution in [-0.2, 0) is 24.2 Å². The van der Waals surface area contributed by atoms with E-state index < -0.39 is 0 Å². The largest absolute Gasteiger partial charge is 0.351 e. The molecule has 0 radical (unpaired) electrons. The number of aromatic nitrogens is 4. The molecule has 3 aromatic heterocycles. The lowest BCUT2D eigenvalue weighted by Gasteiger charge is -2.17. The summed E-state index contributed by atoms with van der Waals surface area (Å²) < 4.78 is 1.92. The molecule has 29 heavy (non-hydrogen) atoms. The fourth-order valence-corrected chi connectivity index (χ4v) is 5.87. The van der Waals surface area contributed by atoms with Crippen LogP contribution in [-0.4, -0.2) is 31.2 Å². The van der Waals surface area contributed by atoms with Gasteiger partial charge in [0, 0.05) is 11.4 Å². The normalized spacial score (nSPS) is 16.2. The molecule has 0 saturated carbocycles. The quantitative estimate of drug-likeness (QED) is 0.493. The third-order valence-electron chi connectivity index (χ3n) is 5.34. The van der Waals surface area contributed by atoms with Crippen LogP contribution in [0.2, 0.25) is 0 Å². The topological polar surface area (TPSA) is 72.2 Å². The molecule has 6 nitrogen and oxygen atoms in total. The second kappa shape index (κ2) is 7.76. The monoisotopic (exact) mass is 423 g/mol. The first-order valence-corrected chi connectivity index (χ1v) is 11.6. The standard InChI is InChI=1S/C21H21N5OS2/c1-13-7-8-15-16(9-13)29-20-18(15)19-24-25-21(26(19)12-23-20)28-11-17(27)22-10-14-5-3-2-4-6-14/h2-6,12-13H,7-11H2,1H3,(H,22,27)/t13-/m0/s1. The van der Waals surface area contributed by atoms with E-state index in [0.29, 0.717) is 17.5 Å². The first-order chi connectivity index (χ1) is 14.2. The Morgan fingerprint density at radius 3 is 3.03 bits per heavy atom. The highest BCUT2D eigenvalue weighted by atomic mass is 32.2. The molecule has 1 aliphatic rings.